The molecule has 0 aliphatic heterocycles. The molecule has 0 unspecified atom stereocenters. The first-order valence-electron chi connectivity index (χ1n) is 4.39. The van der Waals surface area contributed by atoms with Gasteiger partial charge in [0.1, 0.15) is 0 Å². The standard InChI is InChI=1S/C9H11N3OS/c1-3-8-11-12-9(13-8)7-4-6(10)5(2)14-7/h4H,3,10H2,1-2H3. The van der Waals surface area contributed by atoms with E-state index >= 15 is 0 Å². The van der Waals surface area contributed by atoms with E-state index in [1.54, 1.807) is 11.3 Å². The van der Waals surface area contributed by atoms with Gasteiger partial charge in [0.25, 0.3) is 5.89 Å². The second-order valence-electron chi connectivity index (χ2n) is 2.98. The summed E-state index contributed by atoms with van der Waals surface area (Å²) in [5.41, 5.74) is 6.52. The second-order valence-corrected chi connectivity index (χ2v) is 4.23. The lowest BCUT2D eigenvalue weighted by molar-refractivity contribution is 0.514. The molecule has 0 saturated carbocycles. The van der Waals surface area contributed by atoms with Crippen molar-refractivity contribution in [2.75, 3.05) is 5.73 Å². The number of aromatic nitrogens is 2. The van der Waals surface area contributed by atoms with Crippen molar-refractivity contribution >= 4 is 17.0 Å². The molecular formula is C9H11N3OS. The van der Waals surface area contributed by atoms with E-state index in [9.17, 15) is 0 Å². The van der Waals surface area contributed by atoms with Crippen LogP contribution in [0, 0.1) is 6.92 Å². The minimum atomic E-state index is 0.562. The first kappa shape index (κ1) is 9.21. The zero-order chi connectivity index (χ0) is 10.1. The van der Waals surface area contributed by atoms with E-state index in [0.29, 0.717) is 11.8 Å². The van der Waals surface area contributed by atoms with Crippen molar-refractivity contribution in [3.05, 3.63) is 16.8 Å². The monoisotopic (exact) mass is 209 g/mol. The zero-order valence-corrected chi connectivity index (χ0v) is 8.89. The number of anilines is 1. The van der Waals surface area contributed by atoms with Crippen LogP contribution in [0.25, 0.3) is 10.8 Å². The van der Waals surface area contributed by atoms with Gasteiger partial charge in [0.2, 0.25) is 5.89 Å². The van der Waals surface area contributed by atoms with Crippen LogP contribution in [-0.4, -0.2) is 10.2 Å². The third-order valence-electron chi connectivity index (χ3n) is 1.94. The average molecular weight is 209 g/mol. The van der Waals surface area contributed by atoms with E-state index in [-0.39, 0.29) is 0 Å². The number of thiophene rings is 1. The van der Waals surface area contributed by atoms with E-state index in [1.165, 1.54) is 0 Å². The number of nitrogens with two attached hydrogens (primary N) is 1. The largest absolute Gasteiger partial charge is 0.420 e. The molecule has 2 aromatic heterocycles. The smallest absolute Gasteiger partial charge is 0.257 e. The summed E-state index contributed by atoms with van der Waals surface area (Å²) in [5, 5.41) is 7.85. The van der Waals surface area contributed by atoms with Crippen LogP contribution in [0.1, 0.15) is 17.7 Å². The van der Waals surface area contributed by atoms with Gasteiger partial charge in [-0.15, -0.1) is 21.5 Å². The minimum Gasteiger partial charge on any atom is -0.420 e. The predicted octanol–water partition coefficient (Wildman–Crippen LogP) is 2.25. The van der Waals surface area contributed by atoms with Gasteiger partial charge in [0, 0.05) is 17.0 Å². The number of hydrogen-bond donors (Lipinski definition) is 1. The van der Waals surface area contributed by atoms with Crippen molar-refractivity contribution in [1.82, 2.24) is 10.2 Å². The number of nitrogens with zero attached hydrogens (tertiary/aromatic N) is 2. The number of hydrogen-bond acceptors (Lipinski definition) is 5. The lowest BCUT2D eigenvalue weighted by atomic mass is 10.4. The SMILES string of the molecule is CCc1nnc(-c2cc(N)c(C)s2)o1. The summed E-state index contributed by atoms with van der Waals surface area (Å²) in [7, 11) is 0. The normalized spacial score (nSPS) is 10.7. The van der Waals surface area contributed by atoms with Crippen molar-refractivity contribution in [2.24, 2.45) is 0 Å². The van der Waals surface area contributed by atoms with Gasteiger partial charge in [0.05, 0.1) is 4.88 Å². The second kappa shape index (κ2) is 3.42. The Kier molecular flexibility index (Phi) is 2.25. The quantitative estimate of drug-likeness (QED) is 0.823. The Morgan fingerprint density at radius 2 is 2.29 bits per heavy atom. The Bertz CT molecular complexity index is 427. The van der Waals surface area contributed by atoms with Crippen LogP contribution in [0.4, 0.5) is 5.69 Å². The Hall–Kier alpha value is -1.36. The van der Waals surface area contributed by atoms with Gasteiger partial charge >= 0.3 is 0 Å². The van der Waals surface area contributed by atoms with Crippen molar-refractivity contribution in [1.29, 1.82) is 0 Å². The summed E-state index contributed by atoms with van der Waals surface area (Å²) in [4.78, 5) is 2.02. The summed E-state index contributed by atoms with van der Waals surface area (Å²) in [6, 6.07) is 1.87. The first-order valence-corrected chi connectivity index (χ1v) is 5.21. The molecular weight excluding hydrogens is 198 g/mol. The lowest BCUT2D eigenvalue weighted by Gasteiger charge is -1.85. The molecule has 5 heteroatoms. The molecule has 0 saturated heterocycles. The molecule has 0 fully saturated rings. The van der Waals surface area contributed by atoms with Gasteiger partial charge in [0.15, 0.2) is 0 Å². The van der Waals surface area contributed by atoms with Crippen LogP contribution < -0.4 is 5.73 Å². The van der Waals surface area contributed by atoms with E-state index in [4.69, 9.17) is 10.2 Å². The molecule has 2 rings (SSSR count). The molecule has 0 atom stereocenters. The summed E-state index contributed by atoms with van der Waals surface area (Å²) in [6.45, 7) is 3.95. The molecule has 0 aromatic carbocycles. The van der Waals surface area contributed by atoms with Gasteiger partial charge < -0.3 is 10.2 Å². The maximum atomic E-state index is 5.74. The summed E-state index contributed by atoms with van der Waals surface area (Å²) >= 11 is 1.57. The van der Waals surface area contributed by atoms with Crippen molar-refractivity contribution < 1.29 is 4.42 Å². The molecule has 0 spiro atoms. The molecule has 74 valence electrons. The molecule has 0 bridgehead atoms. The molecule has 0 radical (unpaired) electrons. The molecule has 0 amide bonds. The van der Waals surface area contributed by atoms with Gasteiger partial charge in [-0.25, -0.2) is 0 Å². The minimum absolute atomic E-state index is 0.562. The van der Waals surface area contributed by atoms with Crippen molar-refractivity contribution in [2.45, 2.75) is 20.3 Å². The van der Waals surface area contributed by atoms with Crippen LogP contribution in [-0.2, 0) is 6.42 Å². The molecule has 2 aromatic rings. The number of rotatable bonds is 2. The van der Waals surface area contributed by atoms with E-state index in [1.807, 2.05) is 19.9 Å². The Morgan fingerprint density at radius 3 is 2.79 bits per heavy atom. The average Bonchev–Trinajstić information content (AvgIpc) is 2.74. The van der Waals surface area contributed by atoms with Gasteiger partial charge in [-0.1, -0.05) is 6.92 Å². The highest BCUT2D eigenvalue weighted by atomic mass is 32.1. The Labute approximate surface area is 85.8 Å². The lowest BCUT2D eigenvalue weighted by Crippen LogP contribution is -1.80. The van der Waals surface area contributed by atoms with Crippen LogP contribution in [0.15, 0.2) is 10.5 Å². The van der Waals surface area contributed by atoms with Crippen LogP contribution in [0.2, 0.25) is 0 Å². The molecule has 2 heterocycles. The highest BCUT2D eigenvalue weighted by molar-refractivity contribution is 7.15. The van der Waals surface area contributed by atoms with Crippen LogP contribution in [0.5, 0.6) is 0 Å². The Balaban J connectivity index is 2.39. The summed E-state index contributed by atoms with van der Waals surface area (Å²) in [6.07, 6.45) is 0.757. The highest BCUT2D eigenvalue weighted by Crippen LogP contribution is 2.31. The maximum Gasteiger partial charge on any atom is 0.257 e. The summed E-state index contributed by atoms with van der Waals surface area (Å²) in [5.74, 6) is 1.22. The van der Waals surface area contributed by atoms with E-state index in [0.717, 1.165) is 21.9 Å². The number of nitrogen functional groups attached to an aromatic ring is 1. The Morgan fingerprint density at radius 1 is 1.50 bits per heavy atom. The van der Waals surface area contributed by atoms with Crippen molar-refractivity contribution in [3.8, 4) is 10.8 Å². The highest BCUT2D eigenvalue weighted by Gasteiger charge is 2.11. The fourth-order valence-electron chi connectivity index (χ4n) is 1.10. The zero-order valence-electron chi connectivity index (χ0n) is 8.07. The summed E-state index contributed by atoms with van der Waals surface area (Å²) < 4.78 is 5.42. The van der Waals surface area contributed by atoms with E-state index < -0.39 is 0 Å². The van der Waals surface area contributed by atoms with Crippen LogP contribution in [0.3, 0.4) is 0 Å². The fourth-order valence-corrected chi connectivity index (χ4v) is 1.96. The van der Waals surface area contributed by atoms with Crippen LogP contribution >= 0.6 is 11.3 Å². The first-order chi connectivity index (χ1) is 6.70. The molecule has 4 nitrogen and oxygen atoms in total. The molecule has 14 heavy (non-hydrogen) atoms. The van der Waals surface area contributed by atoms with E-state index in [2.05, 4.69) is 10.2 Å². The van der Waals surface area contributed by atoms with Gasteiger partial charge in [-0.2, -0.15) is 0 Å². The predicted molar refractivity (Wildman–Crippen MR) is 56.1 cm³/mol. The molecule has 2 N–H and O–H groups in total. The third kappa shape index (κ3) is 1.50. The topological polar surface area (TPSA) is 64.9 Å². The fraction of sp³-hybridized carbons (Fsp3) is 0.333. The van der Waals surface area contributed by atoms with Gasteiger partial charge in [-0.3, -0.25) is 0 Å². The van der Waals surface area contributed by atoms with Gasteiger partial charge in [-0.05, 0) is 13.0 Å². The maximum absolute atomic E-state index is 5.74. The number of aryl methyl sites for hydroxylation is 2. The van der Waals surface area contributed by atoms with Crippen molar-refractivity contribution in [3.63, 3.8) is 0 Å². The molecule has 0 aliphatic rings. The molecule has 0 aliphatic carbocycles. The third-order valence-corrected chi connectivity index (χ3v) is 2.99.